The first-order valence-corrected chi connectivity index (χ1v) is 8.37. The van der Waals surface area contributed by atoms with Crippen molar-refractivity contribution in [1.82, 2.24) is 10.2 Å². The lowest BCUT2D eigenvalue weighted by Crippen LogP contribution is -2.29. The lowest BCUT2D eigenvalue weighted by Gasteiger charge is -2.23. The van der Waals surface area contributed by atoms with Crippen LogP contribution in [0.1, 0.15) is 51.5 Å². The number of nitrogens with zero attached hydrogens (tertiary/aromatic N) is 1. The van der Waals surface area contributed by atoms with Crippen LogP contribution in [-0.2, 0) is 0 Å². The van der Waals surface area contributed by atoms with Crippen molar-refractivity contribution in [3.63, 3.8) is 0 Å². The lowest BCUT2D eigenvalue weighted by molar-refractivity contribution is 0.266. The molecule has 1 aromatic heterocycles. The monoisotopic (exact) mass is 282 g/mol. The van der Waals surface area contributed by atoms with E-state index >= 15 is 0 Å². The van der Waals surface area contributed by atoms with Crippen LogP contribution in [0.2, 0.25) is 0 Å². The summed E-state index contributed by atoms with van der Waals surface area (Å²) in [5.41, 5.74) is 0. The van der Waals surface area contributed by atoms with E-state index in [1.54, 1.807) is 0 Å². The fourth-order valence-electron chi connectivity index (χ4n) is 2.14. The Balaban J connectivity index is 2.23. The molecule has 3 heteroatoms. The smallest absolute Gasteiger partial charge is 0.0438 e. The van der Waals surface area contributed by atoms with Crippen LogP contribution in [0.15, 0.2) is 17.5 Å². The zero-order chi connectivity index (χ0) is 14.3. The minimum absolute atomic E-state index is 0.517. The molecule has 0 aliphatic carbocycles. The summed E-state index contributed by atoms with van der Waals surface area (Å²) >= 11 is 1.86. The van der Waals surface area contributed by atoms with Gasteiger partial charge in [-0.05, 0) is 64.2 Å². The summed E-state index contributed by atoms with van der Waals surface area (Å²) in [7, 11) is 2.21. The maximum absolute atomic E-state index is 3.72. The predicted octanol–water partition coefficient (Wildman–Crippen LogP) is 4.16. The zero-order valence-corrected chi connectivity index (χ0v) is 14.0. The summed E-state index contributed by atoms with van der Waals surface area (Å²) in [6.45, 7) is 11.4. The molecule has 0 saturated carbocycles. The number of unbranched alkanes of at least 4 members (excludes halogenated alkanes) is 1. The van der Waals surface area contributed by atoms with Crippen LogP contribution in [-0.4, -0.2) is 31.1 Å². The highest BCUT2D eigenvalue weighted by atomic mass is 32.1. The van der Waals surface area contributed by atoms with Gasteiger partial charge in [-0.1, -0.05) is 19.9 Å². The van der Waals surface area contributed by atoms with Crippen LogP contribution >= 0.6 is 11.3 Å². The highest BCUT2D eigenvalue weighted by molar-refractivity contribution is 7.10. The molecule has 0 aliphatic heterocycles. The first kappa shape index (κ1) is 16.7. The second-order valence-electron chi connectivity index (χ2n) is 5.97. The molecule has 0 aromatic carbocycles. The third kappa shape index (κ3) is 6.07. The normalized spacial score (nSPS) is 13.7. The van der Waals surface area contributed by atoms with Gasteiger partial charge in [-0.3, -0.25) is 0 Å². The fourth-order valence-corrected chi connectivity index (χ4v) is 3.11. The second-order valence-corrected chi connectivity index (χ2v) is 6.95. The van der Waals surface area contributed by atoms with Gasteiger partial charge in [0.25, 0.3) is 0 Å². The van der Waals surface area contributed by atoms with E-state index in [-0.39, 0.29) is 0 Å². The summed E-state index contributed by atoms with van der Waals surface area (Å²) in [5, 5.41) is 5.89. The maximum Gasteiger partial charge on any atom is 0.0438 e. The Labute approximate surface area is 123 Å². The molecule has 1 N–H and O–H groups in total. The van der Waals surface area contributed by atoms with Gasteiger partial charge in [-0.15, -0.1) is 11.3 Å². The van der Waals surface area contributed by atoms with E-state index in [4.69, 9.17) is 0 Å². The van der Waals surface area contributed by atoms with Crippen LogP contribution in [0.5, 0.6) is 0 Å². The van der Waals surface area contributed by atoms with Crippen molar-refractivity contribution in [3.05, 3.63) is 22.4 Å². The minimum Gasteiger partial charge on any atom is -0.309 e. The molecule has 0 fully saturated rings. The van der Waals surface area contributed by atoms with Gasteiger partial charge in [0.05, 0.1) is 0 Å². The molecule has 0 aliphatic rings. The van der Waals surface area contributed by atoms with Gasteiger partial charge in [0.1, 0.15) is 0 Å². The Morgan fingerprint density at radius 3 is 2.47 bits per heavy atom. The van der Waals surface area contributed by atoms with Crippen LogP contribution in [0.4, 0.5) is 0 Å². The van der Waals surface area contributed by atoms with E-state index in [1.165, 1.54) is 24.3 Å². The largest absolute Gasteiger partial charge is 0.309 e. The maximum atomic E-state index is 3.72. The number of rotatable bonds is 9. The van der Waals surface area contributed by atoms with E-state index < -0.39 is 0 Å². The van der Waals surface area contributed by atoms with Crippen LogP contribution in [0, 0.1) is 5.92 Å². The first-order chi connectivity index (χ1) is 9.02. The Kier molecular flexibility index (Phi) is 7.66. The van der Waals surface area contributed by atoms with Crippen molar-refractivity contribution in [1.29, 1.82) is 0 Å². The summed E-state index contributed by atoms with van der Waals surface area (Å²) < 4.78 is 0. The fraction of sp³-hybridized carbons (Fsp3) is 0.750. The highest BCUT2D eigenvalue weighted by Gasteiger charge is 2.15. The standard InChI is InChI=1S/C16H30N2S/c1-13(2)16(15-9-8-12-19-15)17-10-6-7-11-18(5)14(3)4/h8-9,12-14,16-17H,6-7,10-11H2,1-5H3. The molecule has 110 valence electrons. The molecule has 0 amide bonds. The van der Waals surface area contributed by atoms with E-state index in [0.29, 0.717) is 18.0 Å². The number of nitrogens with one attached hydrogen (secondary N) is 1. The highest BCUT2D eigenvalue weighted by Crippen LogP contribution is 2.25. The molecule has 1 atom stereocenters. The van der Waals surface area contributed by atoms with Gasteiger partial charge >= 0.3 is 0 Å². The van der Waals surface area contributed by atoms with Crippen molar-refractivity contribution < 1.29 is 0 Å². The molecule has 2 nitrogen and oxygen atoms in total. The van der Waals surface area contributed by atoms with Gasteiger partial charge in [0, 0.05) is 17.0 Å². The van der Waals surface area contributed by atoms with E-state index in [9.17, 15) is 0 Å². The average Bonchev–Trinajstić information content (AvgIpc) is 2.86. The number of hydrogen-bond acceptors (Lipinski definition) is 3. The van der Waals surface area contributed by atoms with Crippen LogP contribution in [0.25, 0.3) is 0 Å². The molecular weight excluding hydrogens is 252 g/mol. The molecule has 0 bridgehead atoms. The van der Waals surface area contributed by atoms with Crippen LogP contribution in [0.3, 0.4) is 0 Å². The molecule has 19 heavy (non-hydrogen) atoms. The Morgan fingerprint density at radius 2 is 1.95 bits per heavy atom. The summed E-state index contributed by atoms with van der Waals surface area (Å²) in [5.74, 6) is 0.650. The van der Waals surface area contributed by atoms with Crippen molar-refractivity contribution in [3.8, 4) is 0 Å². The molecule has 1 rings (SSSR count). The Hall–Kier alpha value is -0.380. The SMILES string of the molecule is CC(C)C(NCCCCN(C)C(C)C)c1cccs1. The molecular formula is C16H30N2S. The third-order valence-corrected chi connectivity index (χ3v) is 4.66. The number of hydrogen-bond donors (Lipinski definition) is 1. The van der Waals surface area contributed by atoms with Crippen molar-refractivity contribution >= 4 is 11.3 Å². The second kappa shape index (κ2) is 8.72. The predicted molar refractivity (Wildman–Crippen MR) is 86.9 cm³/mol. The van der Waals surface area contributed by atoms with Gasteiger partial charge in [-0.25, -0.2) is 0 Å². The van der Waals surface area contributed by atoms with Crippen molar-refractivity contribution in [2.45, 2.75) is 52.6 Å². The Morgan fingerprint density at radius 1 is 1.21 bits per heavy atom. The van der Waals surface area contributed by atoms with Gasteiger partial charge in [-0.2, -0.15) is 0 Å². The topological polar surface area (TPSA) is 15.3 Å². The molecule has 0 saturated heterocycles. The Bertz CT molecular complexity index is 319. The van der Waals surface area contributed by atoms with E-state index in [2.05, 4.69) is 62.5 Å². The summed E-state index contributed by atoms with van der Waals surface area (Å²) in [6, 6.07) is 5.56. The average molecular weight is 282 g/mol. The molecule has 0 spiro atoms. The molecule has 1 heterocycles. The lowest BCUT2D eigenvalue weighted by atomic mass is 10.0. The van der Waals surface area contributed by atoms with Gasteiger partial charge in [0.2, 0.25) is 0 Å². The molecule has 1 aromatic rings. The summed E-state index contributed by atoms with van der Waals surface area (Å²) in [6.07, 6.45) is 2.53. The van der Waals surface area contributed by atoms with Crippen molar-refractivity contribution in [2.75, 3.05) is 20.1 Å². The summed E-state index contributed by atoms with van der Waals surface area (Å²) in [4.78, 5) is 3.88. The third-order valence-electron chi connectivity index (χ3n) is 3.70. The van der Waals surface area contributed by atoms with Crippen molar-refractivity contribution in [2.24, 2.45) is 5.92 Å². The quantitative estimate of drug-likeness (QED) is 0.684. The molecule has 0 radical (unpaired) electrons. The molecule has 1 unspecified atom stereocenters. The van der Waals surface area contributed by atoms with E-state index in [0.717, 1.165) is 6.54 Å². The van der Waals surface area contributed by atoms with Gasteiger partial charge < -0.3 is 10.2 Å². The van der Waals surface area contributed by atoms with Crippen LogP contribution < -0.4 is 5.32 Å². The first-order valence-electron chi connectivity index (χ1n) is 7.49. The van der Waals surface area contributed by atoms with E-state index in [1.807, 2.05) is 11.3 Å². The zero-order valence-electron chi connectivity index (χ0n) is 13.1. The minimum atomic E-state index is 0.517. The van der Waals surface area contributed by atoms with Gasteiger partial charge in [0.15, 0.2) is 0 Å². The number of thiophene rings is 1.